The zero-order valence-corrected chi connectivity index (χ0v) is 9.11. The summed E-state index contributed by atoms with van der Waals surface area (Å²) >= 11 is 0. The van der Waals surface area contributed by atoms with Crippen molar-refractivity contribution < 1.29 is 0 Å². The number of hydrogen-bond donors (Lipinski definition) is 1. The molecule has 5 nitrogen and oxygen atoms in total. The Morgan fingerprint density at radius 3 is 3.20 bits per heavy atom. The average molecular weight is 207 g/mol. The van der Waals surface area contributed by atoms with E-state index in [9.17, 15) is 0 Å². The minimum absolute atomic E-state index is 0.746. The van der Waals surface area contributed by atoms with Gasteiger partial charge in [0.1, 0.15) is 0 Å². The number of hydrogen-bond acceptors (Lipinski definition) is 4. The minimum Gasteiger partial charge on any atom is -0.299 e. The highest BCUT2D eigenvalue weighted by Crippen LogP contribution is 2.16. The first-order valence-corrected chi connectivity index (χ1v) is 5.55. The van der Waals surface area contributed by atoms with Gasteiger partial charge in [0.15, 0.2) is 0 Å². The maximum atomic E-state index is 4.01. The maximum Gasteiger partial charge on any atom is 0.201 e. The summed E-state index contributed by atoms with van der Waals surface area (Å²) in [4.78, 5) is 2.45. The molecule has 0 atom stereocenters. The molecule has 2 rings (SSSR count). The molecule has 15 heavy (non-hydrogen) atoms. The van der Waals surface area contributed by atoms with Crippen molar-refractivity contribution in [2.45, 2.75) is 26.2 Å². The van der Waals surface area contributed by atoms with E-state index in [0.717, 1.165) is 25.3 Å². The fraction of sp³-hybridized carbons (Fsp3) is 0.700. The molecule has 0 amide bonds. The smallest absolute Gasteiger partial charge is 0.201 e. The summed E-state index contributed by atoms with van der Waals surface area (Å²) in [5.74, 6) is 0.746. The molecule has 0 unspecified atom stereocenters. The number of aromatic nitrogens is 4. The summed E-state index contributed by atoms with van der Waals surface area (Å²) < 4.78 is 0. The molecule has 0 aliphatic carbocycles. The monoisotopic (exact) mass is 207 g/mol. The number of unbranched alkanes of at least 4 members (excludes halogenated alkanes) is 1. The van der Waals surface area contributed by atoms with Gasteiger partial charge in [0.05, 0.1) is 0 Å². The zero-order chi connectivity index (χ0) is 10.5. The third-order valence-electron chi connectivity index (χ3n) is 2.69. The van der Waals surface area contributed by atoms with Crippen LogP contribution >= 0.6 is 0 Å². The van der Waals surface area contributed by atoms with E-state index in [1.165, 1.54) is 25.0 Å². The highest BCUT2D eigenvalue weighted by molar-refractivity contribution is 5.61. The molecule has 1 aliphatic rings. The predicted molar refractivity (Wildman–Crippen MR) is 58.1 cm³/mol. The van der Waals surface area contributed by atoms with Crippen LogP contribution in [0.25, 0.3) is 5.57 Å². The SMILES string of the molecule is CCCCN1CCC=C(c2nn[nH]n2)C1. The summed E-state index contributed by atoms with van der Waals surface area (Å²) in [6.45, 7) is 5.51. The molecule has 1 aliphatic heterocycles. The van der Waals surface area contributed by atoms with Crippen LogP contribution < -0.4 is 0 Å². The number of nitrogens with one attached hydrogen (secondary N) is 1. The third kappa shape index (κ3) is 2.62. The number of H-pyrrole nitrogens is 1. The topological polar surface area (TPSA) is 57.7 Å². The van der Waals surface area contributed by atoms with Crippen molar-refractivity contribution >= 4 is 5.57 Å². The second-order valence-corrected chi connectivity index (χ2v) is 3.88. The lowest BCUT2D eigenvalue weighted by molar-refractivity contribution is 0.299. The Balaban J connectivity index is 1.94. The van der Waals surface area contributed by atoms with E-state index in [-0.39, 0.29) is 0 Å². The Morgan fingerprint density at radius 2 is 2.47 bits per heavy atom. The molecule has 0 radical (unpaired) electrons. The molecule has 0 aromatic carbocycles. The van der Waals surface area contributed by atoms with Gasteiger partial charge in [-0.05, 0) is 24.6 Å². The molecule has 2 heterocycles. The van der Waals surface area contributed by atoms with Crippen molar-refractivity contribution in [3.8, 4) is 0 Å². The van der Waals surface area contributed by atoms with Crippen molar-refractivity contribution in [3.05, 3.63) is 11.9 Å². The first kappa shape index (κ1) is 10.3. The Labute approximate surface area is 89.6 Å². The first-order valence-electron chi connectivity index (χ1n) is 5.55. The lowest BCUT2D eigenvalue weighted by Crippen LogP contribution is -2.30. The van der Waals surface area contributed by atoms with Crippen LogP contribution in [0.4, 0.5) is 0 Å². The summed E-state index contributed by atoms with van der Waals surface area (Å²) in [6.07, 6.45) is 5.82. The van der Waals surface area contributed by atoms with E-state index in [4.69, 9.17) is 0 Å². The third-order valence-corrected chi connectivity index (χ3v) is 2.69. The molecule has 5 heteroatoms. The number of nitrogens with zero attached hydrogens (tertiary/aromatic N) is 4. The van der Waals surface area contributed by atoms with E-state index in [0.29, 0.717) is 0 Å². The molecule has 1 aromatic rings. The highest BCUT2D eigenvalue weighted by Gasteiger charge is 2.15. The van der Waals surface area contributed by atoms with E-state index in [1.807, 2.05) is 0 Å². The van der Waals surface area contributed by atoms with Crippen LogP contribution in [0.1, 0.15) is 32.0 Å². The summed E-state index contributed by atoms with van der Waals surface area (Å²) in [7, 11) is 0. The molecule has 0 saturated carbocycles. The number of aromatic amines is 1. The van der Waals surface area contributed by atoms with Gasteiger partial charge in [-0.3, -0.25) is 4.90 Å². The van der Waals surface area contributed by atoms with Gasteiger partial charge in [0.25, 0.3) is 0 Å². The number of tetrazole rings is 1. The Bertz CT molecular complexity index is 317. The zero-order valence-electron chi connectivity index (χ0n) is 9.11. The first-order chi connectivity index (χ1) is 7.40. The lowest BCUT2D eigenvalue weighted by Gasteiger charge is -2.25. The standard InChI is InChI=1S/C10H17N5/c1-2-3-6-15-7-4-5-9(8-15)10-11-13-14-12-10/h5H,2-4,6-8H2,1H3,(H,11,12,13,14). The van der Waals surface area contributed by atoms with Crippen LogP contribution in [0.3, 0.4) is 0 Å². The van der Waals surface area contributed by atoms with Gasteiger partial charge in [-0.2, -0.15) is 5.21 Å². The largest absolute Gasteiger partial charge is 0.299 e. The fourth-order valence-electron chi connectivity index (χ4n) is 1.84. The summed E-state index contributed by atoms with van der Waals surface area (Å²) in [6, 6.07) is 0. The molecular weight excluding hydrogens is 190 g/mol. The molecule has 0 spiro atoms. The maximum absolute atomic E-state index is 4.01. The normalized spacial score (nSPS) is 17.8. The van der Waals surface area contributed by atoms with Gasteiger partial charge in [-0.25, -0.2) is 0 Å². The van der Waals surface area contributed by atoms with Crippen LogP contribution in [0.15, 0.2) is 6.08 Å². The molecule has 82 valence electrons. The number of rotatable bonds is 4. The molecule has 0 fully saturated rings. The van der Waals surface area contributed by atoms with E-state index < -0.39 is 0 Å². The minimum atomic E-state index is 0.746. The van der Waals surface area contributed by atoms with Gasteiger partial charge in [0, 0.05) is 18.7 Å². The molecule has 1 aromatic heterocycles. The van der Waals surface area contributed by atoms with Gasteiger partial charge in [0.2, 0.25) is 5.82 Å². The van der Waals surface area contributed by atoms with E-state index >= 15 is 0 Å². The van der Waals surface area contributed by atoms with Crippen molar-refractivity contribution in [3.63, 3.8) is 0 Å². The van der Waals surface area contributed by atoms with Crippen molar-refractivity contribution in [1.82, 2.24) is 25.5 Å². The molecule has 0 saturated heterocycles. The molecule has 0 bridgehead atoms. The Kier molecular flexibility index (Phi) is 3.45. The second-order valence-electron chi connectivity index (χ2n) is 3.88. The summed E-state index contributed by atoms with van der Waals surface area (Å²) in [5.41, 5.74) is 1.20. The second kappa shape index (κ2) is 5.02. The van der Waals surface area contributed by atoms with Crippen LogP contribution in [-0.4, -0.2) is 45.2 Å². The van der Waals surface area contributed by atoms with Gasteiger partial charge in [-0.1, -0.05) is 19.4 Å². The molecule has 1 N–H and O–H groups in total. The van der Waals surface area contributed by atoms with Crippen molar-refractivity contribution in [2.75, 3.05) is 19.6 Å². The average Bonchev–Trinajstić information content (AvgIpc) is 2.80. The van der Waals surface area contributed by atoms with E-state index in [1.54, 1.807) is 0 Å². The van der Waals surface area contributed by atoms with Gasteiger partial charge in [-0.15, -0.1) is 10.2 Å². The van der Waals surface area contributed by atoms with Crippen LogP contribution in [0.2, 0.25) is 0 Å². The lowest BCUT2D eigenvalue weighted by atomic mass is 10.1. The van der Waals surface area contributed by atoms with E-state index in [2.05, 4.69) is 38.5 Å². The molecular formula is C10H17N5. The van der Waals surface area contributed by atoms with Gasteiger partial charge < -0.3 is 0 Å². The highest BCUT2D eigenvalue weighted by atomic mass is 15.5. The summed E-state index contributed by atoms with van der Waals surface area (Å²) in [5, 5.41) is 14.1. The van der Waals surface area contributed by atoms with Crippen molar-refractivity contribution in [1.29, 1.82) is 0 Å². The fourth-order valence-corrected chi connectivity index (χ4v) is 1.84. The van der Waals surface area contributed by atoms with Crippen molar-refractivity contribution in [2.24, 2.45) is 0 Å². The van der Waals surface area contributed by atoms with Crippen LogP contribution in [0.5, 0.6) is 0 Å². The predicted octanol–water partition coefficient (Wildman–Crippen LogP) is 1.09. The quantitative estimate of drug-likeness (QED) is 0.803. The van der Waals surface area contributed by atoms with Crippen LogP contribution in [0, 0.1) is 0 Å². The van der Waals surface area contributed by atoms with Crippen LogP contribution in [-0.2, 0) is 0 Å². The Morgan fingerprint density at radius 1 is 1.53 bits per heavy atom. The Hall–Kier alpha value is -1.23. The van der Waals surface area contributed by atoms with Gasteiger partial charge >= 0.3 is 0 Å².